The predicted molar refractivity (Wildman–Crippen MR) is 237 cm³/mol. The molecule has 2 nitrogen and oxygen atoms in total. The van der Waals surface area contributed by atoms with E-state index >= 15 is 0 Å². The van der Waals surface area contributed by atoms with Gasteiger partial charge in [0.1, 0.15) is 11.2 Å². The molecule has 11 rings (SSSR count). The Kier molecular flexibility index (Phi) is 7.53. The molecule has 11 aromatic rings. The molecule has 0 bridgehead atoms. The lowest BCUT2D eigenvalue weighted by molar-refractivity contribution is 0.669. The molecule has 262 valence electrons. The van der Waals surface area contributed by atoms with E-state index in [0.29, 0.717) is 0 Å². The third-order valence-electron chi connectivity index (χ3n) is 11.2. The molecule has 0 atom stereocenters. The van der Waals surface area contributed by atoms with Crippen LogP contribution in [-0.4, -0.2) is 0 Å². The molecule has 0 N–H and O–H groups in total. The topological polar surface area (TPSA) is 16.4 Å². The zero-order valence-corrected chi connectivity index (χ0v) is 30.6. The first-order valence-corrected chi connectivity index (χ1v) is 19.2. The van der Waals surface area contributed by atoms with Crippen LogP contribution in [0.4, 0.5) is 17.1 Å². The summed E-state index contributed by atoms with van der Waals surface area (Å²) in [6.45, 7) is 0. The second kappa shape index (κ2) is 13.2. The van der Waals surface area contributed by atoms with E-state index in [0.717, 1.165) is 50.1 Å². The third-order valence-corrected chi connectivity index (χ3v) is 11.2. The predicted octanol–water partition coefficient (Wildman–Crippen LogP) is 15.5. The van der Waals surface area contributed by atoms with Gasteiger partial charge in [-0.2, -0.15) is 0 Å². The maximum atomic E-state index is 6.12. The molecule has 0 spiro atoms. The normalized spacial score (nSPS) is 11.6. The van der Waals surface area contributed by atoms with Crippen molar-refractivity contribution >= 4 is 71.3 Å². The largest absolute Gasteiger partial charge is 0.456 e. The fraction of sp³-hybridized carbons (Fsp3) is 0. The van der Waals surface area contributed by atoms with Crippen LogP contribution in [0.3, 0.4) is 0 Å². The summed E-state index contributed by atoms with van der Waals surface area (Å²) in [6.07, 6.45) is 0. The van der Waals surface area contributed by atoms with Crippen LogP contribution in [0.25, 0.3) is 87.6 Å². The second-order valence-corrected chi connectivity index (χ2v) is 14.5. The van der Waals surface area contributed by atoms with Crippen LogP contribution in [0.2, 0.25) is 0 Å². The van der Waals surface area contributed by atoms with Crippen molar-refractivity contribution in [3.05, 3.63) is 212 Å². The Hall–Kier alpha value is -7.42. The van der Waals surface area contributed by atoms with E-state index in [2.05, 4.69) is 205 Å². The highest BCUT2D eigenvalue weighted by atomic mass is 16.3. The summed E-state index contributed by atoms with van der Waals surface area (Å²) in [7, 11) is 0. The number of furan rings is 1. The van der Waals surface area contributed by atoms with Crippen molar-refractivity contribution in [3.8, 4) is 33.4 Å². The molecule has 2 heteroatoms. The molecule has 1 heterocycles. The standard InChI is InChI=1S/C54H35NO/c1-2-11-39-32-41(21-20-36(39)10-1)40-13-9-14-46(33-40)55(44-27-22-37(23-28-44)42-26-31-54-52(34-42)50-18-7-8-19-53(50)56-54)45-29-24-38(25-30-45)51-35-43-12-3-4-15-47(43)48-16-5-6-17-49(48)51/h1-35H. The first-order chi connectivity index (χ1) is 27.7. The van der Waals surface area contributed by atoms with E-state index in [1.807, 2.05) is 12.1 Å². The van der Waals surface area contributed by atoms with Crippen LogP contribution in [0.1, 0.15) is 0 Å². The molecule has 0 saturated carbocycles. The highest BCUT2D eigenvalue weighted by Gasteiger charge is 2.16. The second-order valence-electron chi connectivity index (χ2n) is 14.5. The van der Waals surface area contributed by atoms with Crippen LogP contribution < -0.4 is 4.90 Å². The lowest BCUT2D eigenvalue weighted by Gasteiger charge is -2.26. The Morgan fingerprint density at radius 3 is 1.64 bits per heavy atom. The van der Waals surface area contributed by atoms with Gasteiger partial charge in [-0.15, -0.1) is 0 Å². The number of rotatable bonds is 6. The van der Waals surface area contributed by atoms with Crippen molar-refractivity contribution in [2.75, 3.05) is 4.90 Å². The van der Waals surface area contributed by atoms with Crippen molar-refractivity contribution in [2.24, 2.45) is 0 Å². The van der Waals surface area contributed by atoms with Gasteiger partial charge in [-0.05, 0) is 132 Å². The molecule has 10 aromatic carbocycles. The monoisotopic (exact) mass is 713 g/mol. The fourth-order valence-corrected chi connectivity index (χ4v) is 8.43. The number of hydrogen-bond donors (Lipinski definition) is 0. The Bertz CT molecular complexity index is 3250. The van der Waals surface area contributed by atoms with E-state index in [-0.39, 0.29) is 0 Å². The zero-order chi connectivity index (χ0) is 37.0. The number of anilines is 3. The summed E-state index contributed by atoms with van der Waals surface area (Å²) in [5, 5.41) is 9.81. The van der Waals surface area contributed by atoms with E-state index in [4.69, 9.17) is 4.42 Å². The van der Waals surface area contributed by atoms with Crippen molar-refractivity contribution in [1.29, 1.82) is 0 Å². The molecule has 0 saturated heterocycles. The fourth-order valence-electron chi connectivity index (χ4n) is 8.43. The molecule has 0 aliphatic heterocycles. The quantitative estimate of drug-likeness (QED) is 0.160. The Morgan fingerprint density at radius 1 is 0.268 bits per heavy atom. The van der Waals surface area contributed by atoms with Gasteiger partial charge < -0.3 is 9.32 Å². The number of nitrogens with zero attached hydrogens (tertiary/aromatic N) is 1. The Labute approximate surface area is 325 Å². The van der Waals surface area contributed by atoms with Gasteiger partial charge in [0.05, 0.1) is 0 Å². The molecular weight excluding hydrogens is 679 g/mol. The molecule has 0 amide bonds. The Morgan fingerprint density at radius 2 is 0.839 bits per heavy atom. The maximum Gasteiger partial charge on any atom is 0.135 e. The summed E-state index contributed by atoms with van der Waals surface area (Å²) in [5.74, 6) is 0. The molecule has 0 radical (unpaired) electrons. The molecule has 1 aromatic heterocycles. The van der Waals surface area contributed by atoms with Crippen LogP contribution in [-0.2, 0) is 0 Å². The smallest absolute Gasteiger partial charge is 0.135 e. The minimum absolute atomic E-state index is 0.907. The number of hydrogen-bond acceptors (Lipinski definition) is 2. The van der Waals surface area contributed by atoms with Gasteiger partial charge in [-0.25, -0.2) is 0 Å². The summed E-state index contributed by atoms with van der Waals surface area (Å²) in [5.41, 5.74) is 12.2. The summed E-state index contributed by atoms with van der Waals surface area (Å²) in [6, 6.07) is 76.7. The van der Waals surface area contributed by atoms with E-state index < -0.39 is 0 Å². The molecule has 56 heavy (non-hydrogen) atoms. The third kappa shape index (κ3) is 5.51. The number of fused-ring (bicyclic) bond motifs is 7. The number of benzene rings is 10. The van der Waals surface area contributed by atoms with Gasteiger partial charge in [0, 0.05) is 27.8 Å². The minimum Gasteiger partial charge on any atom is -0.456 e. The van der Waals surface area contributed by atoms with Crippen molar-refractivity contribution in [3.63, 3.8) is 0 Å². The van der Waals surface area contributed by atoms with Crippen molar-refractivity contribution < 1.29 is 4.42 Å². The lowest BCUT2D eigenvalue weighted by Crippen LogP contribution is -2.10. The van der Waals surface area contributed by atoms with Crippen LogP contribution >= 0.6 is 0 Å². The van der Waals surface area contributed by atoms with E-state index in [1.165, 1.54) is 54.6 Å². The van der Waals surface area contributed by atoms with E-state index in [1.54, 1.807) is 0 Å². The zero-order valence-electron chi connectivity index (χ0n) is 30.6. The van der Waals surface area contributed by atoms with Crippen molar-refractivity contribution in [1.82, 2.24) is 0 Å². The molecule has 0 unspecified atom stereocenters. The number of para-hydroxylation sites is 1. The minimum atomic E-state index is 0.907. The van der Waals surface area contributed by atoms with Crippen LogP contribution in [0.15, 0.2) is 217 Å². The first-order valence-electron chi connectivity index (χ1n) is 19.2. The molecular formula is C54H35NO. The highest BCUT2D eigenvalue weighted by Crippen LogP contribution is 2.41. The van der Waals surface area contributed by atoms with Gasteiger partial charge in [0.15, 0.2) is 0 Å². The first kappa shape index (κ1) is 32.0. The summed E-state index contributed by atoms with van der Waals surface area (Å²) in [4.78, 5) is 2.36. The average Bonchev–Trinajstić information content (AvgIpc) is 3.65. The van der Waals surface area contributed by atoms with Gasteiger partial charge in [-0.1, -0.05) is 146 Å². The average molecular weight is 714 g/mol. The highest BCUT2D eigenvalue weighted by molar-refractivity contribution is 6.14. The van der Waals surface area contributed by atoms with Crippen LogP contribution in [0, 0.1) is 0 Å². The molecule has 0 aliphatic carbocycles. The van der Waals surface area contributed by atoms with Gasteiger partial charge in [0.2, 0.25) is 0 Å². The summed E-state index contributed by atoms with van der Waals surface area (Å²) < 4.78 is 6.12. The van der Waals surface area contributed by atoms with Gasteiger partial charge in [-0.3, -0.25) is 0 Å². The van der Waals surface area contributed by atoms with Crippen molar-refractivity contribution in [2.45, 2.75) is 0 Å². The van der Waals surface area contributed by atoms with Gasteiger partial charge >= 0.3 is 0 Å². The summed E-state index contributed by atoms with van der Waals surface area (Å²) >= 11 is 0. The maximum absolute atomic E-state index is 6.12. The van der Waals surface area contributed by atoms with E-state index in [9.17, 15) is 0 Å². The Balaban J connectivity index is 1.02. The van der Waals surface area contributed by atoms with Gasteiger partial charge in [0.25, 0.3) is 0 Å². The van der Waals surface area contributed by atoms with Crippen LogP contribution in [0.5, 0.6) is 0 Å². The molecule has 0 fully saturated rings. The lowest BCUT2D eigenvalue weighted by atomic mass is 9.93. The SMILES string of the molecule is c1cc(-c2ccc3ccccc3c2)cc(N(c2ccc(-c3ccc4oc5ccccc5c4c3)cc2)c2ccc(-c3cc4ccccc4c4ccccc34)cc2)c1. The molecule has 0 aliphatic rings.